The fourth-order valence-corrected chi connectivity index (χ4v) is 5.43. The molecule has 0 spiro atoms. The van der Waals surface area contributed by atoms with Gasteiger partial charge in [0.1, 0.15) is 0 Å². The zero-order valence-corrected chi connectivity index (χ0v) is 18.2. The Hall–Kier alpha value is -2.95. The van der Waals surface area contributed by atoms with Gasteiger partial charge in [-0.3, -0.25) is 14.4 Å². The van der Waals surface area contributed by atoms with E-state index in [-0.39, 0.29) is 37.3 Å². The van der Waals surface area contributed by atoms with Gasteiger partial charge in [-0.05, 0) is 56.6 Å². The van der Waals surface area contributed by atoms with Crippen LogP contribution in [0.15, 0.2) is 48.5 Å². The summed E-state index contributed by atoms with van der Waals surface area (Å²) in [6, 6.07) is 15.5. The van der Waals surface area contributed by atoms with Gasteiger partial charge in [-0.1, -0.05) is 54.1 Å². The Balaban J connectivity index is 1.87. The fourth-order valence-electron chi connectivity index (χ4n) is 5.43. The molecule has 0 saturated heterocycles. The highest BCUT2D eigenvalue weighted by molar-refractivity contribution is 6.06. The van der Waals surface area contributed by atoms with Crippen LogP contribution in [0.25, 0.3) is 0 Å². The van der Waals surface area contributed by atoms with Gasteiger partial charge in [0.15, 0.2) is 11.2 Å². The minimum absolute atomic E-state index is 0.0472. The molecule has 1 fully saturated rings. The summed E-state index contributed by atoms with van der Waals surface area (Å²) in [4.78, 5) is 39.9. The zero-order valence-electron chi connectivity index (χ0n) is 18.2. The molecule has 0 aromatic heterocycles. The van der Waals surface area contributed by atoms with Gasteiger partial charge in [-0.15, -0.1) is 0 Å². The molecule has 4 rings (SSSR count). The number of fused-ring (bicyclic) bond motifs is 3. The van der Waals surface area contributed by atoms with Gasteiger partial charge in [0.05, 0.1) is 19.1 Å². The number of esters is 2. The first-order chi connectivity index (χ1) is 14.9. The smallest absolute Gasteiger partial charge is 0.323 e. The zero-order chi connectivity index (χ0) is 22.2. The summed E-state index contributed by atoms with van der Waals surface area (Å²) < 4.78 is 10.7. The molecule has 162 valence electrons. The van der Waals surface area contributed by atoms with Crippen LogP contribution < -0.4 is 0 Å². The monoisotopic (exact) mass is 420 g/mol. The molecule has 2 aromatic rings. The Morgan fingerprint density at radius 2 is 1.61 bits per heavy atom. The second-order valence-electron chi connectivity index (χ2n) is 8.54. The number of benzene rings is 2. The quantitative estimate of drug-likeness (QED) is 0.523. The molecule has 2 aliphatic rings. The summed E-state index contributed by atoms with van der Waals surface area (Å²) in [6.07, 6.45) is 0.538. The summed E-state index contributed by atoms with van der Waals surface area (Å²) in [5, 5.41) is 0. The average molecular weight is 421 g/mol. The number of Topliss-reactive ketones (excluding diaryl/α,β-unsaturated/α-hetero) is 1. The molecular weight excluding hydrogens is 392 g/mol. The van der Waals surface area contributed by atoms with Crippen LogP contribution in [0.1, 0.15) is 65.6 Å². The van der Waals surface area contributed by atoms with Crippen molar-refractivity contribution in [2.45, 2.75) is 45.4 Å². The number of hydrogen-bond acceptors (Lipinski definition) is 5. The van der Waals surface area contributed by atoms with Crippen LogP contribution in [0.5, 0.6) is 0 Å². The van der Waals surface area contributed by atoms with Crippen molar-refractivity contribution in [1.29, 1.82) is 0 Å². The molecule has 1 saturated carbocycles. The molecule has 2 aliphatic carbocycles. The fraction of sp³-hybridized carbons (Fsp3) is 0.423. The number of hydrogen-bond donors (Lipinski definition) is 0. The van der Waals surface area contributed by atoms with Crippen LogP contribution >= 0.6 is 0 Å². The Morgan fingerprint density at radius 3 is 2.23 bits per heavy atom. The molecule has 3 atom stereocenters. The lowest BCUT2D eigenvalue weighted by atomic mass is 9.67. The topological polar surface area (TPSA) is 69.7 Å². The van der Waals surface area contributed by atoms with Gasteiger partial charge in [-0.25, -0.2) is 0 Å². The van der Waals surface area contributed by atoms with Gasteiger partial charge in [-0.2, -0.15) is 0 Å². The van der Waals surface area contributed by atoms with Crippen LogP contribution in [-0.4, -0.2) is 30.9 Å². The van der Waals surface area contributed by atoms with Crippen molar-refractivity contribution in [3.05, 3.63) is 70.8 Å². The minimum Gasteiger partial charge on any atom is -0.465 e. The number of rotatable bonds is 5. The molecule has 0 unspecified atom stereocenters. The molecule has 0 aliphatic heterocycles. The molecule has 0 N–H and O–H groups in total. The van der Waals surface area contributed by atoms with Gasteiger partial charge in [0.2, 0.25) is 0 Å². The highest BCUT2D eigenvalue weighted by atomic mass is 16.6. The predicted molar refractivity (Wildman–Crippen MR) is 116 cm³/mol. The second kappa shape index (κ2) is 8.29. The van der Waals surface area contributed by atoms with E-state index in [1.54, 1.807) is 13.8 Å². The Morgan fingerprint density at radius 1 is 0.968 bits per heavy atom. The van der Waals surface area contributed by atoms with E-state index >= 15 is 0 Å². The summed E-state index contributed by atoms with van der Waals surface area (Å²) in [5.41, 5.74) is 2.19. The largest absolute Gasteiger partial charge is 0.465 e. The van der Waals surface area contributed by atoms with E-state index in [9.17, 15) is 14.4 Å². The minimum atomic E-state index is -1.39. The number of carbonyl (C=O) groups excluding carboxylic acids is 3. The molecule has 0 radical (unpaired) electrons. The van der Waals surface area contributed by atoms with E-state index in [4.69, 9.17) is 9.47 Å². The lowest BCUT2D eigenvalue weighted by Crippen LogP contribution is -2.40. The third kappa shape index (κ3) is 3.46. The third-order valence-corrected chi connectivity index (χ3v) is 6.74. The SMILES string of the molecule is CCOC(=O)C1(C(=O)OCC)C[C@@H]2[C@H](C1)c1cc(C)ccc1C(=O)[C@H]2c1ccccc1. The van der Waals surface area contributed by atoms with Crippen LogP contribution in [0, 0.1) is 18.3 Å². The molecule has 0 amide bonds. The Kier molecular flexibility index (Phi) is 5.69. The van der Waals surface area contributed by atoms with E-state index in [1.807, 2.05) is 55.5 Å². The third-order valence-electron chi connectivity index (χ3n) is 6.74. The van der Waals surface area contributed by atoms with Gasteiger partial charge >= 0.3 is 11.9 Å². The maximum atomic E-state index is 13.6. The molecule has 0 heterocycles. The Bertz CT molecular complexity index is 992. The molecule has 2 aromatic carbocycles. The van der Waals surface area contributed by atoms with Crippen LogP contribution in [0.2, 0.25) is 0 Å². The summed E-state index contributed by atoms with van der Waals surface area (Å²) in [5.74, 6) is -1.74. The first-order valence-electron chi connectivity index (χ1n) is 11.0. The molecule has 0 bridgehead atoms. The van der Waals surface area contributed by atoms with Crippen LogP contribution in [0.4, 0.5) is 0 Å². The van der Waals surface area contributed by atoms with Crippen LogP contribution in [-0.2, 0) is 19.1 Å². The first-order valence-corrected chi connectivity index (χ1v) is 11.0. The average Bonchev–Trinajstić information content (AvgIpc) is 3.17. The van der Waals surface area contributed by atoms with Crippen molar-refractivity contribution in [2.75, 3.05) is 13.2 Å². The lowest BCUT2D eigenvalue weighted by molar-refractivity contribution is -0.172. The van der Waals surface area contributed by atoms with Crippen molar-refractivity contribution < 1.29 is 23.9 Å². The van der Waals surface area contributed by atoms with Crippen molar-refractivity contribution >= 4 is 17.7 Å². The van der Waals surface area contributed by atoms with Gasteiger partial charge in [0, 0.05) is 5.56 Å². The van der Waals surface area contributed by atoms with E-state index in [0.29, 0.717) is 12.0 Å². The van der Waals surface area contributed by atoms with E-state index in [2.05, 4.69) is 0 Å². The lowest BCUT2D eigenvalue weighted by Gasteiger charge is -2.35. The van der Waals surface area contributed by atoms with E-state index < -0.39 is 23.3 Å². The first kappa shape index (κ1) is 21.3. The van der Waals surface area contributed by atoms with Crippen molar-refractivity contribution in [1.82, 2.24) is 0 Å². The van der Waals surface area contributed by atoms with Crippen LogP contribution in [0.3, 0.4) is 0 Å². The summed E-state index contributed by atoms with van der Waals surface area (Å²) in [7, 11) is 0. The molecule has 5 nitrogen and oxygen atoms in total. The van der Waals surface area contributed by atoms with Gasteiger partial charge < -0.3 is 9.47 Å². The molecule has 31 heavy (non-hydrogen) atoms. The van der Waals surface area contributed by atoms with Crippen molar-refractivity contribution in [3.63, 3.8) is 0 Å². The van der Waals surface area contributed by atoms with Gasteiger partial charge in [0.25, 0.3) is 0 Å². The van der Waals surface area contributed by atoms with Crippen molar-refractivity contribution in [3.8, 4) is 0 Å². The highest BCUT2D eigenvalue weighted by Gasteiger charge is 2.61. The maximum absolute atomic E-state index is 13.6. The van der Waals surface area contributed by atoms with E-state index in [0.717, 1.165) is 16.7 Å². The standard InChI is InChI=1S/C26H28O5/c1-4-30-24(28)26(25(29)31-5-2)14-20-19-13-16(3)11-12-18(19)23(27)22(21(20)15-26)17-9-7-6-8-10-17/h6-13,20-22H,4-5,14-15H2,1-3H3/t20-,21-,22+/m1/s1. The second-order valence-corrected chi connectivity index (χ2v) is 8.54. The number of ketones is 1. The van der Waals surface area contributed by atoms with Crippen molar-refractivity contribution in [2.24, 2.45) is 11.3 Å². The summed E-state index contributed by atoms with van der Waals surface area (Å²) in [6.45, 7) is 5.82. The molecule has 5 heteroatoms. The predicted octanol–water partition coefficient (Wildman–Crippen LogP) is 4.58. The number of aryl methyl sites for hydroxylation is 1. The highest BCUT2D eigenvalue weighted by Crippen LogP contribution is 2.59. The maximum Gasteiger partial charge on any atom is 0.323 e. The Labute approximate surface area is 182 Å². The van der Waals surface area contributed by atoms with E-state index in [1.165, 1.54) is 0 Å². The molecular formula is C26H28O5. The summed E-state index contributed by atoms with van der Waals surface area (Å²) >= 11 is 0. The number of ether oxygens (including phenoxy) is 2. The number of carbonyl (C=O) groups is 3. The normalized spacial score (nSPS) is 23.6.